The molecule has 1 heteroatoms. The molecule has 0 spiro atoms. The van der Waals surface area contributed by atoms with E-state index in [-0.39, 0.29) is 0 Å². The van der Waals surface area contributed by atoms with E-state index in [4.69, 9.17) is 0 Å². The Balaban J connectivity index is 2.59. The van der Waals surface area contributed by atoms with Crippen LogP contribution in [-0.2, 0) is 0 Å². The van der Waals surface area contributed by atoms with Crippen molar-refractivity contribution in [3.05, 3.63) is 77.9 Å². The van der Waals surface area contributed by atoms with Gasteiger partial charge in [-0.05, 0) is 48.5 Å². The first kappa shape index (κ1) is 16.7. The smallest absolute Gasteiger partial charge is 0.0126 e. The first-order valence-corrected chi connectivity index (χ1v) is 8.38. The van der Waals surface area contributed by atoms with Gasteiger partial charge < -0.3 is 0 Å². The van der Waals surface area contributed by atoms with Crippen molar-refractivity contribution in [2.75, 3.05) is 6.16 Å². The van der Waals surface area contributed by atoms with Crippen LogP contribution < -0.4 is 0 Å². The Hall–Kier alpha value is -1.39. The average Bonchev–Trinajstić information content (AvgIpc) is 2.47. The minimum atomic E-state index is 0.751. The van der Waals surface area contributed by atoms with E-state index in [1.807, 2.05) is 6.07 Å². The lowest BCUT2D eigenvalue weighted by Crippen LogP contribution is -1.84. The van der Waals surface area contributed by atoms with Crippen molar-refractivity contribution in [3.63, 3.8) is 0 Å². The maximum atomic E-state index is 4.19. The van der Waals surface area contributed by atoms with Crippen molar-refractivity contribution < 1.29 is 0 Å². The van der Waals surface area contributed by atoms with Crippen molar-refractivity contribution in [2.45, 2.75) is 27.2 Å². The molecule has 0 heterocycles. The Morgan fingerprint density at radius 2 is 1.90 bits per heavy atom. The molecular weight excluding hydrogens is 259 g/mol. The van der Waals surface area contributed by atoms with Gasteiger partial charge in [0.25, 0.3) is 0 Å². The fraction of sp³-hybridized carbons (Fsp3) is 0.263. The molecule has 0 amide bonds. The Morgan fingerprint density at radius 1 is 1.20 bits per heavy atom. The lowest BCUT2D eigenvalue weighted by molar-refractivity contribution is 1.19. The van der Waals surface area contributed by atoms with E-state index >= 15 is 0 Å². The summed E-state index contributed by atoms with van der Waals surface area (Å²) >= 11 is 0. The Kier molecular flexibility index (Phi) is 7.92. The fourth-order valence-corrected chi connectivity index (χ4v) is 2.97. The zero-order chi connectivity index (χ0) is 14.8. The summed E-state index contributed by atoms with van der Waals surface area (Å²) in [7, 11) is 0.751. The Morgan fingerprint density at radius 3 is 2.50 bits per heavy atom. The molecule has 1 atom stereocenters. The number of hydrogen-bond donors (Lipinski definition) is 0. The Bertz CT molecular complexity index is 504. The largest absolute Gasteiger partial charge is 0.0910 e. The summed E-state index contributed by atoms with van der Waals surface area (Å²) in [6, 6.07) is 10.4. The zero-order valence-corrected chi connectivity index (χ0v) is 13.8. The third-order valence-corrected chi connectivity index (χ3v) is 4.20. The molecule has 0 N–H and O–H groups in total. The number of rotatable bonds is 7. The Labute approximate surface area is 125 Å². The zero-order valence-electron chi connectivity index (χ0n) is 12.8. The van der Waals surface area contributed by atoms with Gasteiger partial charge in [-0.15, -0.1) is 0 Å². The molecule has 0 saturated carbocycles. The number of benzene rings is 1. The molecule has 1 aromatic rings. The normalized spacial score (nSPS) is 13.6. The van der Waals surface area contributed by atoms with Crippen LogP contribution in [0.15, 0.2) is 72.4 Å². The summed E-state index contributed by atoms with van der Waals surface area (Å²) < 4.78 is 0. The summed E-state index contributed by atoms with van der Waals surface area (Å²) in [4.78, 5) is 0. The van der Waals surface area contributed by atoms with E-state index in [1.54, 1.807) is 0 Å². The fourth-order valence-electron chi connectivity index (χ4n) is 1.95. The van der Waals surface area contributed by atoms with Crippen LogP contribution in [0, 0.1) is 0 Å². The second-order valence-corrected chi connectivity index (χ2v) is 6.05. The molecule has 1 unspecified atom stereocenters. The third kappa shape index (κ3) is 5.72. The average molecular weight is 284 g/mol. The molecule has 0 aliphatic heterocycles. The van der Waals surface area contributed by atoms with E-state index in [0.29, 0.717) is 0 Å². The second-order valence-electron chi connectivity index (χ2n) is 4.68. The van der Waals surface area contributed by atoms with Crippen LogP contribution in [0.5, 0.6) is 0 Å². The maximum absolute atomic E-state index is 4.19. The molecule has 0 aliphatic rings. The topological polar surface area (TPSA) is 0 Å². The first-order chi connectivity index (χ1) is 9.69. The van der Waals surface area contributed by atoms with Gasteiger partial charge >= 0.3 is 0 Å². The van der Waals surface area contributed by atoms with E-state index in [0.717, 1.165) is 21.2 Å². The van der Waals surface area contributed by atoms with Gasteiger partial charge in [0.1, 0.15) is 0 Å². The van der Waals surface area contributed by atoms with Gasteiger partial charge in [-0.2, -0.15) is 0 Å². The molecule has 0 aromatic heterocycles. The second kappa shape index (κ2) is 9.50. The molecule has 0 fully saturated rings. The minimum absolute atomic E-state index is 0.751. The van der Waals surface area contributed by atoms with Crippen LogP contribution in [0.4, 0.5) is 0 Å². The summed E-state index contributed by atoms with van der Waals surface area (Å²) in [5, 5.41) is 1.24. The molecule has 0 aliphatic carbocycles. The molecule has 0 radical (unpaired) electrons. The van der Waals surface area contributed by atoms with Crippen molar-refractivity contribution >= 4 is 13.9 Å². The first-order valence-electron chi connectivity index (χ1n) is 7.17. The van der Waals surface area contributed by atoms with Crippen molar-refractivity contribution in [1.29, 1.82) is 0 Å². The van der Waals surface area contributed by atoms with Crippen LogP contribution in [0.25, 0.3) is 5.31 Å². The van der Waals surface area contributed by atoms with E-state index in [9.17, 15) is 0 Å². The van der Waals surface area contributed by atoms with Gasteiger partial charge in [0, 0.05) is 0 Å². The van der Waals surface area contributed by atoms with E-state index in [1.165, 1.54) is 22.0 Å². The van der Waals surface area contributed by atoms with Crippen LogP contribution >= 0.6 is 8.58 Å². The molecule has 0 nitrogen and oxygen atoms in total. The quantitative estimate of drug-likeness (QED) is 0.413. The highest BCUT2D eigenvalue weighted by Crippen LogP contribution is 2.31. The molecule has 20 heavy (non-hydrogen) atoms. The number of hydrogen-bond acceptors (Lipinski definition) is 0. The van der Waals surface area contributed by atoms with Crippen molar-refractivity contribution in [3.8, 4) is 0 Å². The summed E-state index contributed by atoms with van der Waals surface area (Å²) in [6.45, 7) is 10.6. The molecular formula is C19H25P. The lowest BCUT2D eigenvalue weighted by Gasteiger charge is -2.06. The highest BCUT2D eigenvalue weighted by Gasteiger charge is 1.98. The minimum Gasteiger partial charge on any atom is -0.0910 e. The summed E-state index contributed by atoms with van der Waals surface area (Å²) in [5.41, 5.74) is 3.96. The van der Waals surface area contributed by atoms with Gasteiger partial charge in [0.05, 0.1) is 0 Å². The standard InChI is InChI=1S/C19H25P/c1-5-10-18(11-6-2)16(3)14-15-20-17(4)19-12-8-7-9-13-19/h5,7-14,20H,4,6,15H2,1-3H3/b10-5-,16-14+,18-11+. The monoisotopic (exact) mass is 284 g/mol. The molecule has 0 bridgehead atoms. The van der Waals surface area contributed by atoms with Crippen LogP contribution in [-0.4, -0.2) is 6.16 Å². The lowest BCUT2D eigenvalue weighted by atomic mass is 10.1. The molecule has 1 aromatic carbocycles. The van der Waals surface area contributed by atoms with Crippen LogP contribution in [0.2, 0.25) is 0 Å². The predicted octanol–water partition coefficient (Wildman–Crippen LogP) is 6.19. The molecule has 1 rings (SSSR count). The van der Waals surface area contributed by atoms with Crippen LogP contribution in [0.3, 0.4) is 0 Å². The van der Waals surface area contributed by atoms with Crippen molar-refractivity contribution in [2.24, 2.45) is 0 Å². The summed E-state index contributed by atoms with van der Waals surface area (Å²) in [5.74, 6) is 0. The molecule has 0 saturated heterocycles. The van der Waals surface area contributed by atoms with Gasteiger partial charge in [-0.1, -0.05) is 76.7 Å². The van der Waals surface area contributed by atoms with Gasteiger partial charge in [-0.25, -0.2) is 0 Å². The van der Waals surface area contributed by atoms with Gasteiger partial charge in [0.2, 0.25) is 0 Å². The van der Waals surface area contributed by atoms with Crippen LogP contribution in [0.1, 0.15) is 32.8 Å². The van der Waals surface area contributed by atoms with Gasteiger partial charge in [0.15, 0.2) is 0 Å². The molecule has 106 valence electrons. The van der Waals surface area contributed by atoms with E-state index < -0.39 is 0 Å². The third-order valence-electron chi connectivity index (χ3n) is 3.07. The maximum Gasteiger partial charge on any atom is -0.0126 e. The predicted molar refractivity (Wildman–Crippen MR) is 95.6 cm³/mol. The van der Waals surface area contributed by atoms with Gasteiger partial charge in [-0.3, -0.25) is 0 Å². The number of allylic oxidation sites excluding steroid dienone is 6. The SMILES string of the molecule is C=C(PC/C=C(C)/C(/C=C\C)=C/CC)c1ccccc1. The summed E-state index contributed by atoms with van der Waals surface area (Å²) in [6.07, 6.45) is 11.0. The highest BCUT2D eigenvalue weighted by atomic mass is 31.1. The van der Waals surface area contributed by atoms with E-state index in [2.05, 4.69) is 75.9 Å². The highest BCUT2D eigenvalue weighted by molar-refractivity contribution is 7.50. The van der Waals surface area contributed by atoms with Crippen molar-refractivity contribution in [1.82, 2.24) is 0 Å².